The molecule has 0 atom stereocenters. The zero-order chi connectivity index (χ0) is 20.9. The fourth-order valence-corrected chi connectivity index (χ4v) is 4.28. The average Bonchev–Trinajstić information content (AvgIpc) is 2.74. The number of para-hydroxylation sites is 2. The highest BCUT2D eigenvalue weighted by Gasteiger charge is 2.27. The number of anilines is 2. The van der Waals surface area contributed by atoms with Crippen molar-refractivity contribution in [2.45, 2.75) is 4.90 Å². The van der Waals surface area contributed by atoms with Crippen molar-refractivity contribution >= 4 is 38.9 Å². The number of hydrogen-bond acceptors (Lipinski definition) is 4. The van der Waals surface area contributed by atoms with Gasteiger partial charge in [-0.25, -0.2) is 8.42 Å². The number of methoxy groups -OCH3 is 1. The van der Waals surface area contributed by atoms with Crippen molar-refractivity contribution in [3.05, 3.63) is 83.9 Å². The van der Waals surface area contributed by atoms with Crippen LogP contribution in [0.15, 0.2) is 83.8 Å². The molecule has 0 aromatic heterocycles. The van der Waals surface area contributed by atoms with E-state index < -0.39 is 22.5 Å². The Morgan fingerprint density at radius 2 is 1.59 bits per heavy atom. The van der Waals surface area contributed by atoms with Crippen molar-refractivity contribution < 1.29 is 17.9 Å². The van der Waals surface area contributed by atoms with Gasteiger partial charge in [-0.15, -0.1) is 0 Å². The first-order chi connectivity index (χ1) is 13.9. The lowest BCUT2D eigenvalue weighted by molar-refractivity contribution is -0.114. The maximum absolute atomic E-state index is 13.2. The van der Waals surface area contributed by atoms with Gasteiger partial charge < -0.3 is 10.1 Å². The molecule has 29 heavy (non-hydrogen) atoms. The molecule has 6 nitrogen and oxygen atoms in total. The van der Waals surface area contributed by atoms with Gasteiger partial charge in [0.25, 0.3) is 10.0 Å². The van der Waals surface area contributed by atoms with Crippen molar-refractivity contribution in [3.8, 4) is 5.75 Å². The molecule has 0 fully saturated rings. The number of sulfonamides is 1. The van der Waals surface area contributed by atoms with Crippen LogP contribution in [0.3, 0.4) is 0 Å². The highest BCUT2D eigenvalue weighted by atomic mass is 35.5. The predicted molar refractivity (Wildman–Crippen MR) is 114 cm³/mol. The Bertz CT molecular complexity index is 1090. The number of halogens is 1. The Balaban J connectivity index is 1.93. The lowest BCUT2D eigenvalue weighted by atomic mass is 10.3. The van der Waals surface area contributed by atoms with E-state index >= 15 is 0 Å². The molecule has 0 saturated heterocycles. The zero-order valence-electron chi connectivity index (χ0n) is 15.6. The largest absolute Gasteiger partial charge is 0.495 e. The van der Waals surface area contributed by atoms with Gasteiger partial charge in [-0.3, -0.25) is 9.10 Å². The minimum atomic E-state index is -3.97. The average molecular weight is 431 g/mol. The van der Waals surface area contributed by atoms with Crippen LogP contribution in [0.1, 0.15) is 0 Å². The zero-order valence-corrected chi connectivity index (χ0v) is 17.2. The van der Waals surface area contributed by atoms with Crippen LogP contribution < -0.4 is 14.4 Å². The summed E-state index contributed by atoms with van der Waals surface area (Å²) < 4.78 is 32.7. The molecule has 3 rings (SSSR count). The van der Waals surface area contributed by atoms with E-state index in [4.69, 9.17) is 16.3 Å². The minimum Gasteiger partial charge on any atom is -0.495 e. The highest BCUT2D eigenvalue weighted by Crippen LogP contribution is 2.26. The number of carbonyl (C=O) groups excluding carboxylic acids is 1. The summed E-state index contributed by atoms with van der Waals surface area (Å²) in [5.41, 5.74) is 0.779. The normalized spacial score (nSPS) is 11.0. The van der Waals surface area contributed by atoms with Crippen molar-refractivity contribution in [2.24, 2.45) is 0 Å². The highest BCUT2D eigenvalue weighted by molar-refractivity contribution is 7.92. The van der Waals surface area contributed by atoms with Crippen LogP contribution in [0.4, 0.5) is 11.4 Å². The van der Waals surface area contributed by atoms with Gasteiger partial charge in [-0.05, 0) is 48.5 Å². The molecule has 150 valence electrons. The second kappa shape index (κ2) is 8.98. The second-order valence-corrected chi connectivity index (χ2v) is 8.35. The van der Waals surface area contributed by atoms with Crippen LogP contribution in [0.2, 0.25) is 5.02 Å². The Kier molecular flexibility index (Phi) is 6.41. The summed E-state index contributed by atoms with van der Waals surface area (Å²) in [5, 5.41) is 3.16. The molecule has 0 aliphatic rings. The molecule has 1 amide bonds. The number of amides is 1. The molecule has 0 heterocycles. The number of nitrogens with one attached hydrogen (secondary N) is 1. The number of benzene rings is 3. The molecule has 1 N–H and O–H groups in total. The molecule has 8 heteroatoms. The van der Waals surface area contributed by atoms with Gasteiger partial charge in [0.2, 0.25) is 5.91 Å². The first-order valence-electron chi connectivity index (χ1n) is 8.68. The fraction of sp³-hybridized carbons (Fsp3) is 0.0952. The van der Waals surface area contributed by atoms with E-state index in [0.29, 0.717) is 22.1 Å². The van der Waals surface area contributed by atoms with E-state index in [1.165, 1.54) is 19.2 Å². The van der Waals surface area contributed by atoms with Crippen molar-refractivity contribution in [3.63, 3.8) is 0 Å². The molecule has 3 aromatic carbocycles. The number of carbonyl (C=O) groups is 1. The molecule has 0 bridgehead atoms. The number of hydrogen-bond donors (Lipinski definition) is 1. The second-order valence-electron chi connectivity index (χ2n) is 6.05. The van der Waals surface area contributed by atoms with E-state index in [9.17, 15) is 13.2 Å². The van der Waals surface area contributed by atoms with Gasteiger partial charge in [-0.1, -0.05) is 41.9 Å². The third kappa shape index (κ3) is 4.88. The summed E-state index contributed by atoms with van der Waals surface area (Å²) in [6.07, 6.45) is 0. The Hall–Kier alpha value is -3.03. The summed E-state index contributed by atoms with van der Waals surface area (Å²) in [5.74, 6) is -0.0336. The van der Waals surface area contributed by atoms with Gasteiger partial charge in [-0.2, -0.15) is 0 Å². The van der Waals surface area contributed by atoms with Crippen molar-refractivity contribution in [1.29, 1.82) is 0 Å². The van der Waals surface area contributed by atoms with E-state index in [-0.39, 0.29) is 4.90 Å². The van der Waals surface area contributed by atoms with E-state index in [2.05, 4.69) is 5.32 Å². The Morgan fingerprint density at radius 3 is 2.24 bits per heavy atom. The maximum Gasteiger partial charge on any atom is 0.264 e. The fourth-order valence-electron chi connectivity index (χ4n) is 2.71. The summed E-state index contributed by atoms with van der Waals surface area (Å²) in [7, 11) is -2.48. The molecule has 0 spiro atoms. The van der Waals surface area contributed by atoms with E-state index in [1.54, 1.807) is 66.7 Å². The first kappa shape index (κ1) is 20.7. The number of rotatable bonds is 7. The van der Waals surface area contributed by atoms with Crippen LogP contribution in [-0.4, -0.2) is 28.0 Å². The summed E-state index contributed by atoms with van der Waals surface area (Å²) >= 11 is 5.93. The molecule has 0 saturated carbocycles. The minimum absolute atomic E-state index is 0.0834. The summed E-state index contributed by atoms with van der Waals surface area (Å²) in [4.78, 5) is 12.8. The monoisotopic (exact) mass is 430 g/mol. The predicted octanol–water partition coefficient (Wildman–Crippen LogP) is 4.18. The van der Waals surface area contributed by atoms with Crippen molar-refractivity contribution in [1.82, 2.24) is 0 Å². The smallest absolute Gasteiger partial charge is 0.264 e. The topological polar surface area (TPSA) is 75.7 Å². The molecular weight excluding hydrogens is 412 g/mol. The van der Waals surface area contributed by atoms with Gasteiger partial charge in [0.1, 0.15) is 12.3 Å². The van der Waals surface area contributed by atoms with Crippen LogP contribution >= 0.6 is 11.6 Å². The lowest BCUT2D eigenvalue weighted by Gasteiger charge is -2.24. The number of ether oxygens (including phenoxy) is 1. The first-order valence-corrected chi connectivity index (χ1v) is 10.5. The molecular formula is C21H19ClN2O4S. The standard InChI is InChI=1S/C21H19ClN2O4S/c1-28-20-10-6-5-9-19(20)23-21(25)15-24(17-13-11-16(22)12-14-17)29(26,27)18-7-3-2-4-8-18/h2-14H,15H2,1H3,(H,23,25). The van der Waals surface area contributed by atoms with Crippen LogP contribution in [0.25, 0.3) is 0 Å². The molecule has 0 aliphatic heterocycles. The molecule has 0 unspecified atom stereocenters. The third-order valence-electron chi connectivity index (χ3n) is 4.11. The lowest BCUT2D eigenvalue weighted by Crippen LogP contribution is -2.38. The molecule has 3 aromatic rings. The Labute approximate surface area is 174 Å². The van der Waals surface area contributed by atoms with Gasteiger partial charge >= 0.3 is 0 Å². The quantitative estimate of drug-likeness (QED) is 0.610. The van der Waals surface area contributed by atoms with Crippen LogP contribution in [0, 0.1) is 0 Å². The third-order valence-corrected chi connectivity index (χ3v) is 6.15. The molecule has 0 radical (unpaired) electrons. The van der Waals surface area contributed by atoms with Crippen LogP contribution in [-0.2, 0) is 14.8 Å². The summed E-state index contributed by atoms with van der Waals surface area (Å²) in [6, 6.07) is 21.1. The SMILES string of the molecule is COc1ccccc1NC(=O)CN(c1ccc(Cl)cc1)S(=O)(=O)c1ccccc1. The van der Waals surface area contributed by atoms with Crippen molar-refractivity contribution in [2.75, 3.05) is 23.3 Å². The maximum atomic E-state index is 13.2. The van der Waals surface area contributed by atoms with Gasteiger partial charge in [0.05, 0.1) is 23.4 Å². The van der Waals surface area contributed by atoms with Crippen LogP contribution in [0.5, 0.6) is 5.75 Å². The molecule has 0 aliphatic carbocycles. The van der Waals surface area contributed by atoms with Gasteiger partial charge in [0, 0.05) is 5.02 Å². The van der Waals surface area contributed by atoms with E-state index in [0.717, 1.165) is 4.31 Å². The van der Waals surface area contributed by atoms with Gasteiger partial charge in [0.15, 0.2) is 0 Å². The number of nitrogens with zero attached hydrogens (tertiary/aromatic N) is 1. The summed E-state index contributed by atoms with van der Waals surface area (Å²) in [6.45, 7) is -0.420. The van der Waals surface area contributed by atoms with E-state index in [1.807, 2.05) is 0 Å². The Morgan fingerprint density at radius 1 is 0.966 bits per heavy atom.